The number of hydrogen-bond donors (Lipinski definition) is 2. The largest absolute Gasteiger partial charge is 0.382 e. The van der Waals surface area contributed by atoms with Crippen molar-refractivity contribution in [3.63, 3.8) is 0 Å². The summed E-state index contributed by atoms with van der Waals surface area (Å²) in [7, 11) is 0. The Balaban J connectivity index is 1.87. The van der Waals surface area contributed by atoms with E-state index in [0.717, 1.165) is 17.8 Å². The molecule has 3 nitrogen and oxygen atoms in total. The van der Waals surface area contributed by atoms with Gasteiger partial charge in [0, 0.05) is 17.7 Å². The second-order valence-corrected chi connectivity index (χ2v) is 4.53. The Hall–Kier alpha value is -0.990. The van der Waals surface area contributed by atoms with Crippen LogP contribution in [-0.4, -0.2) is 10.2 Å². The Morgan fingerprint density at radius 1 is 1.38 bits per heavy atom. The molecule has 0 unspecified atom stereocenters. The van der Waals surface area contributed by atoms with Crippen LogP contribution < -0.4 is 5.73 Å². The number of fused-ring (bicyclic) bond motifs is 2. The standard InChI is InChI=1S/C10H15N3/c11-10-5-9(12-13-10)8-4-6-1-2-7(8)3-6/h5-8H,1-4H2,(H3,11,12,13)/t6-,7+,8+/m0/s1. The predicted octanol–water partition coefficient (Wildman–Crippen LogP) is 1.90. The molecule has 1 aromatic heterocycles. The van der Waals surface area contributed by atoms with E-state index in [9.17, 15) is 0 Å². The molecule has 0 radical (unpaired) electrons. The molecule has 0 spiro atoms. The van der Waals surface area contributed by atoms with Crippen molar-refractivity contribution in [1.82, 2.24) is 10.2 Å². The first-order valence-corrected chi connectivity index (χ1v) is 5.13. The van der Waals surface area contributed by atoms with Gasteiger partial charge in [0.25, 0.3) is 0 Å². The normalized spacial score (nSPS) is 37.1. The van der Waals surface area contributed by atoms with Gasteiger partial charge in [0.2, 0.25) is 0 Å². The molecule has 2 bridgehead atoms. The number of hydrogen-bond acceptors (Lipinski definition) is 2. The topological polar surface area (TPSA) is 54.7 Å². The number of nitrogen functional groups attached to an aromatic ring is 1. The number of aromatic nitrogens is 2. The molecule has 3 rings (SSSR count). The lowest BCUT2D eigenvalue weighted by Gasteiger charge is -2.19. The van der Waals surface area contributed by atoms with E-state index in [1.165, 1.54) is 31.4 Å². The molecule has 1 heterocycles. The van der Waals surface area contributed by atoms with E-state index in [0.29, 0.717) is 5.82 Å². The van der Waals surface area contributed by atoms with Crippen molar-refractivity contribution in [2.45, 2.75) is 31.6 Å². The fourth-order valence-electron chi connectivity index (χ4n) is 3.17. The van der Waals surface area contributed by atoms with Crippen molar-refractivity contribution >= 4 is 5.82 Å². The first-order chi connectivity index (χ1) is 6.33. The third kappa shape index (κ3) is 1.06. The van der Waals surface area contributed by atoms with E-state index in [2.05, 4.69) is 10.2 Å². The highest BCUT2D eigenvalue weighted by atomic mass is 15.2. The minimum atomic E-state index is 0.637. The van der Waals surface area contributed by atoms with Crippen LogP contribution in [-0.2, 0) is 0 Å². The van der Waals surface area contributed by atoms with Crippen LogP contribution >= 0.6 is 0 Å². The molecule has 3 N–H and O–H groups in total. The average Bonchev–Trinajstić information content (AvgIpc) is 2.77. The van der Waals surface area contributed by atoms with Crippen LogP contribution in [0.25, 0.3) is 0 Å². The second kappa shape index (κ2) is 2.50. The van der Waals surface area contributed by atoms with Crippen LogP contribution in [0.15, 0.2) is 6.07 Å². The van der Waals surface area contributed by atoms with Gasteiger partial charge in [0.05, 0.1) is 0 Å². The third-order valence-electron chi connectivity index (χ3n) is 3.76. The predicted molar refractivity (Wildman–Crippen MR) is 51.2 cm³/mol. The summed E-state index contributed by atoms with van der Waals surface area (Å²) in [5.74, 6) is 3.26. The number of nitrogens with two attached hydrogens (primary N) is 1. The fourth-order valence-corrected chi connectivity index (χ4v) is 3.17. The smallest absolute Gasteiger partial charge is 0.145 e. The molecule has 0 saturated heterocycles. The summed E-state index contributed by atoms with van der Waals surface area (Å²) in [6, 6.07) is 2.01. The molecule has 2 aliphatic rings. The van der Waals surface area contributed by atoms with Crippen molar-refractivity contribution in [1.29, 1.82) is 0 Å². The van der Waals surface area contributed by atoms with Gasteiger partial charge in [-0.1, -0.05) is 6.42 Å². The molecular weight excluding hydrogens is 162 g/mol. The molecule has 1 aromatic rings. The number of rotatable bonds is 1. The zero-order valence-corrected chi connectivity index (χ0v) is 7.66. The summed E-state index contributed by atoms with van der Waals surface area (Å²) < 4.78 is 0. The van der Waals surface area contributed by atoms with Crippen LogP contribution in [0.5, 0.6) is 0 Å². The monoisotopic (exact) mass is 177 g/mol. The zero-order chi connectivity index (χ0) is 8.84. The molecule has 70 valence electrons. The molecule has 3 heteroatoms. The maximum Gasteiger partial charge on any atom is 0.145 e. The second-order valence-electron chi connectivity index (χ2n) is 4.53. The van der Waals surface area contributed by atoms with E-state index < -0.39 is 0 Å². The lowest BCUT2D eigenvalue weighted by atomic mass is 9.86. The van der Waals surface area contributed by atoms with Crippen LogP contribution in [0.2, 0.25) is 0 Å². The Bertz CT molecular complexity index is 318. The summed E-state index contributed by atoms with van der Waals surface area (Å²) in [5.41, 5.74) is 6.87. The van der Waals surface area contributed by atoms with Gasteiger partial charge in [-0.15, -0.1) is 0 Å². The van der Waals surface area contributed by atoms with Crippen LogP contribution in [0, 0.1) is 11.8 Å². The molecular formula is C10H15N3. The summed E-state index contributed by atoms with van der Waals surface area (Å²) in [6.07, 6.45) is 5.65. The molecule has 0 aromatic carbocycles. The van der Waals surface area contributed by atoms with Gasteiger partial charge in [-0.3, -0.25) is 5.10 Å². The van der Waals surface area contributed by atoms with Crippen molar-refractivity contribution in [2.24, 2.45) is 11.8 Å². The fraction of sp³-hybridized carbons (Fsp3) is 0.700. The molecule has 2 aliphatic carbocycles. The van der Waals surface area contributed by atoms with Gasteiger partial charge < -0.3 is 5.73 Å². The maximum atomic E-state index is 5.60. The Labute approximate surface area is 77.7 Å². The van der Waals surface area contributed by atoms with Crippen LogP contribution in [0.3, 0.4) is 0 Å². The minimum absolute atomic E-state index is 0.637. The van der Waals surface area contributed by atoms with Crippen LogP contribution in [0.4, 0.5) is 5.82 Å². The Morgan fingerprint density at radius 3 is 2.85 bits per heavy atom. The van der Waals surface area contributed by atoms with Crippen molar-refractivity contribution in [2.75, 3.05) is 5.73 Å². The molecule has 2 fully saturated rings. The summed E-state index contributed by atoms with van der Waals surface area (Å²) in [5, 5.41) is 7.05. The number of anilines is 1. The highest BCUT2D eigenvalue weighted by Crippen LogP contribution is 2.52. The number of nitrogens with one attached hydrogen (secondary N) is 1. The van der Waals surface area contributed by atoms with Gasteiger partial charge in [0.1, 0.15) is 5.82 Å². The third-order valence-corrected chi connectivity index (χ3v) is 3.76. The molecule has 0 amide bonds. The number of H-pyrrole nitrogens is 1. The molecule has 3 atom stereocenters. The van der Waals surface area contributed by atoms with Gasteiger partial charge in [0.15, 0.2) is 0 Å². The first-order valence-electron chi connectivity index (χ1n) is 5.13. The van der Waals surface area contributed by atoms with Gasteiger partial charge in [-0.2, -0.15) is 5.10 Å². The van der Waals surface area contributed by atoms with Gasteiger partial charge >= 0.3 is 0 Å². The van der Waals surface area contributed by atoms with E-state index in [1.54, 1.807) is 0 Å². The first kappa shape index (κ1) is 7.42. The SMILES string of the molecule is Nc1cc([C@@H]2C[C@H]3CC[C@@H]2C3)[nH]n1. The summed E-state index contributed by atoms with van der Waals surface area (Å²) >= 11 is 0. The van der Waals surface area contributed by atoms with E-state index in [1.807, 2.05) is 6.07 Å². The molecule has 0 aliphatic heterocycles. The Morgan fingerprint density at radius 2 is 2.31 bits per heavy atom. The van der Waals surface area contributed by atoms with Crippen molar-refractivity contribution in [3.8, 4) is 0 Å². The Kier molecular flexibility index (Phi) is 1.43. The lowest BCUT2D eigenvalue weighted by molar-refractivity contribution is 0.413. The number of nitrogens with zero attached hydrogens (tertiary/aromatic N) is 1. The lowest BCUT2D eigenvalue weighted by Crippen LogP contribution is -2.08. The highest BCUT2D eigenvalue weighted by Gasteiger charge is 2.40. The van der Waals surface area contributed by atoms with Crippen molar-refractivity contribution < 1.29 is 0 Å². The zero-order valence-electron chi connectivity index (χ0n) is 7.66. The van der Waals surface area contributed by atoms with E-state index in [-0.39, 0.29) is 0 Å². The van der Waals surface area contributed by atoms with Crippen LogP contribution in [0.1, 0.15) is 37.3 Å². The minimum Gasteiger partial charge on any atom is -0.382 e. The van der Waals surface area contributed by atoms with Crippen molar-refractivity contribution in [3.05, 3.63) is 11.8 Å². The number of aromatic amines is 1. The summed E-state index contributed by atoms with van der Waals surface area (Å²) in [4.78, 5) is 0. The van der Waals surface area contributed by atoms with E-state index in [4.69, 9.17) is 5.73 Å². The van der Waals surface area contributed by atoms with Gasteiger partial charge in [-0.05, 0) is 31.1 Å². The molecule has 13 heavy (non-hydrogen) atoms. The molecule has 2 saturated carbocycles. The quantitative estimate of drug-likeness (QED) is 0.688. The average molecular weight is 177 g/mol. The van der Waals surface area contributed by atoms with E-state index >= 15 is 0 Å². The summed E-state index contributed by atoms with van der Waals surface area (Å²) in [6.45, 7) is 0. The highest BCUT2D eigenvalue weighted by molar-refractivity contribution is 5.31. The maximum absolute atomic E-state index is 5.60. The van der Waals surface area contributed by atoms with Gasteiger partial charge in [-0.25, -0.2) is 0 Å².